The summed E-state index contributed by atoms with van der Waals surface area (Å²) in [7, 11) is 0. The van der Waals surface area contributed by atoms with Gasteiger partial charge < -0.3 is 13.7 Å². The fraction of sp³-hybridized carbons (Fsp3) is 0. The molecule has 11 rings (SSSR count). The fourth-order valence-corrected chi connectivity index (χ4v) is 8.82. The van der Waals surface area contributed by atoms with E-state index in [1.54, 1.807) is 6.07 Å². The SMILES string of the molecule is [C-]#[N+]c1cc([N+]#[C-])c(-n2c3ccccc3c3c(-c4ccc5c6ccccc6n(-c6ccccc6)c5c4)cccc32)c(-n2c3ccccc3c3ccccc32)c1. The molecule has 55 heavy (non-hydrogen) atoms. The summed E-state index contributed by atoms with van der Waals surface area (Å²) in [4.78, 5) is 7.99. The van der Waals surface area contributed by atoms with Gasteiger partial charge in [-0.15, -0.1) is 0 Å². The highest BCUT2D eigenvalue weighted by Gasteiger charge is 2.24. The van der Waals surface area contributed by atoms with E-state index in [1.807, 2.05) is 18.2 Å². The van der Waals surface area contributed by atoms with Crippen LogP contribution in [0.4, 0.5) is 11.4 Å². The van der Waals surface area contributed by atoms with Crippen molar-refractivity contribution in [2.75, 3.05) is 0 Å². The summed E-state index contributed by atoms with van der Waals surface area (Å²) in [5.74, 6) is 0. The normalized spacial score (nSPS) is 11.6. The van der Waals surface area contributed by atoms with Crippen molar-refractivity contribution in [1.29, 1.82) is 0 Å². The summed E-state index contributed by atoms with van der Waals surface area (Å²) in [6.07, 6.45) is 0. The van der Waals surface area contributed by atoms with E-state index in [0.717, 1.165) is 77.3 Å². The minimum atomic E-state index is 0.423. The molecule has 8 aromatic carbocycles. The zero-order valence-corrected chi connectivity index (χ0v) is 29.5. The first-order valence-electron chi connectivity index (χ1n) is 18.3. The second-order valence-corrected chi connectivity index (χ2v) is 13.9. The van der Waals surface area contributed by atoms with Crippen LogP contribution >= 0.6 is 0 Å². The van der Waals surface area contributed by atoms with Crippen molar-refractivity contribution in [3.63, 3.8) is 0 Å². The lowest BCUT2D eigenvalue weighted by Crippen LogP contribution is -2.03. The Morgan fingerprint density at radius 1 is 0.382 bits per heavy atom. The maximum atomic E-state index is 8.51. The van der Waals surface area contributed by atoms with E-state index in [1.165, 1.54) is 16.3 Å². The number of aromatic nitrogens is 3. The molecule has 0 N–H and O–H groups in total. The Bertz CT molecular complexity index is 3400. The van der Waals surface area contributed by atoms with Crippen LogP contribution in [0.1, 0.15) is 0 Å². The first-order chi connectivity index (χ1) is 27.2. The summed E-state index contributed by atoms with van der Waals surface area (Å²) < 4.78 is 6.83. The van der Waals surface area contributed by atoms with E-state index >= 15 is 0 Å². The molecule has 0 aliphatic heterocycles. The fourth-order valence-electron chi connectivity index (χ4n) is 8.82. The summed E-state index contributed by atoms with van der Waals surface area (Å²) in [5.41, 5.74) is 12.1. The van der Waals surface area contributed by atoms with Crippen LogP contribution in [0, 0.1) is 13.1 Å². The third-order valence-electron chi connectivity index (χ3n) is 11.0. The van der Waals surface area contributed by atoms with Crippen LogP contribution in [-0.4, -0.2) is 13.7 Å². The molecule has 5 heteroatoms. The molecule has 254 valence electrons. The van der Waals surface area contributed by atoms with Gasteiger partial charge in [0.2, 0.25) is 5.69 Å². The van der Waals surface area contributed by atoms with Crippen LogP contribution in [0.5, 0.6) is 0 Å². The Kier molecular flexibility index (Phi) is 6.61. The molecule has 0 fully saturated rings. The molecule has 0 aliphatic carbocycles. The lowest BCUT2D eigenvalue weighted by molar-refractivity contribution is 1.10. The second kappa shape index (κ2) is 11.8. The molecule has 0 unspecified atom stereocenters. The average Bonchev–Trinajstić information content (AvgIpc) is 3.89. The standard InChI is InChI=1S/C50H29N5/c1-51-33-30-41(52-2)50(48(31-33)54-43-23-11-7-17-36(43)37-18-8-12-24-44(37)54)55-45-25-13-9-20-40(45)49-35(21-14-26-46(49)55)32-27-28-39-38-19-6-10-22-42(38)53(47(39)29-32)34-15-4-3-5-16-34/h3-31H. The Labute approximate surface area is 316 Å². The van der Waals surface area contributed by atoms with Gasteiger partial charge in [0.05, 0.1) is 51.9 Å². The molecule has 0 spiro atoms. The second-order valence-electron chi connectivity index (χ2n) is 13.9. The molecule has 0 atom stereocenters. The van der Waals surface area contributed by atoms with Gasteiger partial charge in [0.25, 0.3) is 0 Å². The number of hydrogen-bond acceptors (Lipinski definition) is 0. The number of rotatable bonds is 4. The Morgan fingerprint density at radius 3 is 1.56 bits per heavy atom. The van der Waals surface area contributed by atoms with Gasteiger partial charge in [-0.05, 0) is 71.8 Å². The van der Waals surface area contributed by atoms with E-state index in [2.05, 4.69) is 175 Å². The summed E-state index contributed by atoms with van der Waals surface area (Å²) >= 11 is 0. The third kappa shape index (κ3) is 4.39. The van der Waals surface area contributed by atoms with Crippen LogP contribution in [0.2, 0.25) is 0 Å². The van der Waals surface area contributed by atoms with Crippen LogP contribution in [-0.2, 0) is 0 Å². The van der Waals surface area contributed by atoms with Crippen molar-refractivity contribution in [2.24, 2.45) is 0 Å². The quantitative estimate of drug-likeness (QED) is 0.163. The lowest BCUT2D eigenvalue weighted by atomic mass is 9.98. The Hall–Kier alpha value is -7.86. The van der Waals surface area contributed by atoms with E-state index < -0.39 is 0 Å². The highest BCUT2D eigenvalue weighted by molar-refractivity contribution is 6.18. The van der Waals surface area contributed by atoms with Crippen molar-refractivity contribution in [3.05, 3.63) is 199 Å². The van der Waals surface area contributed by atoms with Crippen molar-refractivity contribution in [3.8, 4) is 28.2 Å². The van der Waals surface area contributed by atoms with Gasteiger partial charge in [-0.2, -0.15) is 0 Å². The highest BCUT2D eigenvalue weighted by atomic mass is 15.1. The molecule has 0 aliphatic rings. The number of fused-ring (bicyclic) bond motifs is 9. The summed E-state index contributed by atoms with van der Waals surface area (Å²) in [5, 5.41) is 6.86. The molecule has 0 saturated heterocycles. The monoisotopic (exact) mass is 699 g/mol. The molecular weight excluding hydrogens is 671 g/mol. The number of benzene rings is 8. The zero-order valence-electron chi connectivity index (χ0n) is 29.5. The predicted octanol–water partition coefficient (Wildman–Crippen LogP) is 13.7. The van der Waals surface area contributed by atoms with Gasteiger partial charge in [0, 0.05) is 43.7 Å². The molecule has 5 nitrogen and oxygen atoms in total. The van der Waals surface area contributed by atoms with Crippen LogP contribution in [0.25, 0.3) is 103 Å². The lowest BCUT2D eigenvalue weighted by Gasteiger charge is -2.19. The van der Waals surface area contributed by atoms with Crippen LogP contribution < -0.4 is 0 Å². The molecule has 0 saturated carbocycles. The average molecular weight is 700 g/mol. The topological polar surface area (TPSA) is 23.5 Å². The van der Waals surface area contributed by atoms with Gasteiger partial charge in [0.1, 0.15) is 0 Å². The molecule has 3 heterocycles. The number of hydrogen-bond donors (Lipinski definition) is 0. The molecule has 3 aromatic heterocycles. The van der Waals surface area contributed by atoms with Crippen molar-refractivity contribution >= 4 is 76.8 Å². The van der Waals surface area contributed by atoms with Gasteiger partial charge in [-0.25, -0.2) is 9.69 Å². The van der Waals surface area contributed by atoms with E-state index in [0.29, 0.717) is 11.4 Å². The van der Waals surface area contributed by atoms with E-state index in [4.69, 9.17) is 13.1 Å². The first kappa shape index (κ1) is 30.7. The van der Waals surface area contributed by atoms with Gasteiger partial charge in [-0.3, -0.25) is 0 Å². The van der Waals surface area contributed by atoms with Crippen molar-refractivity contribution in [1.82, 2.24) is 13.7 Å². The first-order valence-corrected chi connectivity index (χ1v) is 18.3. The predicted molar refractivity (Wildman–Crippen MR) is 227 cm³/mol. The summed E-state index contributed by atoms with van der Waals surface area (Å²) in [6.45, 7) is 16.6. The number of nitrogens with zero attached hydrogens (tertiary/aromatic N) is 5. The van der Waals surface area contributed by atoms with Gasteiger partial charge in [0.15, 0.2) is 5.69 Å². The number of para-hydroxylation sites is 5. The van der Waals surface area contributed by atoms with Gasteiger partial charge >= 0.3 is 0 Å². The van der Waals surface area contributed by atoms with Crippen LogP contribution in [0.15, 0.2) is 176 Å². The highest BCUT2D eigenvalue weighted by Crippen LogP contribution is 2.46. The Morgan fingerprint density at radius 2 is 0.927 bits per heavy atom. The van der Waals surface area contributed by atoms with Crippen molar-refractivity contribution in [2.45, 2.75) is 0 Å². The maximum absolute atomic E-state index is 8.51. The Balaban J connectivity index is 1.24. The zero-order chi connectivity index (χ0) is 36.6. The largest absolute Gasteiger partial charge is 0.317 e. The van der Waals surface area contributed by atoms with E-state index in [-0.39, 0.29) is 0 Å². The molecular formula is C50H29N5. The minimum absolute atomic E-state index is 0.423. The van der Waals surface area contributed by atoms with Crippen molar-refractivity contribution < 1.29 is 0 Å². The summed E-state index contributed by atoms with van der Waals surface area (Å²) in [6, 6.07) is 61.4. The molecule has 0 amide bonds. The van der Waals surface area contributed by atoms with E-state index in [9.17, 15) is 0 Å². The third-order valence-corrected chi connectivity index (χ3v) is 11.0. The van der Waals surface area contributed by atoms with Crippen LogP contribution in [0.3, 0.4) is 0 Å². The van der Waals surface area contributed by atoms with Gasteiger partial charge in [-0.1, -0.05) is 115 Å². The minimum Gasteiger partial charge on any atom is -0.317 e. The maximum Gasteiger partial charge on any atom is 0.202 e. The molecule has 11 aromatic rings. The smallest absolute Gasteiger partial charge is 0.202 e. The molecule has 0 radical (unpaired) electrons. The molecule has 0 bridgehead atoms.